The summed E-state index contributed by atoms with van der Waals surface area (Å²) in [4.78, 5) is 28.1. The first-order valence-corrected chi connectivity index (χ1v) is 5.76. The molecule has 108 valence electrons. The normalized spacial score (nSPS) is 9.90. The number of aromatic nitrogens is 2. The molecule has 0 radical (unpaired) electrons. The van der Waals surface area contributed by atoms with Gasteiger partial charge < -0.3 is 10.6 Å². The molecule has 0 saturated heterocycles. The summed E-state index contributed by atoms with van der Waals surface area (Å²) in [5.41, 5.74) is -0.371. The predicted molar refractivity (Wildman–Crippen MR) is 73.9 cm³/mol. The molecule has 21 heavy (non-hydrogen) atoms. The number of pyridine rings is 2. The van der Waals surface area contributed by atoms with E-state index < -0.39 is 9.85 Å². The Morgan fingerprint density at radius 1 is 0.905 bits per heavy atom. The number of rotatable bonds is 6. The van der Waals surface area contributed by atoms with E-state index >= 15 is 0 Å². The third-order valence-corrected chi connectivity index (χ3v) is 2.48. The highest BCUT2D eigenvalue weighted by atomic mass is 16.6. The maximum absolute atomic E-state index is 10.8. The maximum atomic E-state index is 10.8. The number of anilines is 2. The van der Waals surface area contributed by atoms with Gasteiger partial charge in [-0.1, -0.05) is 0 Å². The molecule has 2 aromatic heterocycles. The van der Waals surface area contributed by atoms with Crippen LogP contribution >= 0.6 is 0 Å². The molecule has 0 aliphatic carbocycles. The van der Waals surface area contributed by atoms with E-state index in [1.54, 1.807) is 0 Å². The zero-order valence-electron chi connectivity index (χ0n) is 10.6. The van der Waals surface area contributed by atoms with Crippen molar-refractivity contribution >= 4 is 23.0 Å². The zero-order valence-corrected chi connectivity index (χ0v) is 10.6. The summed E-state index contributed by atoms with van der Waals surface area (Å²) in [7, 11) is 0. The van der Waals surface area contributed by atoms with Crippen molar-refractivity contribution in [1.29, 1.82) is 0 Å². The van der Waals surface area contributed by atoms with E-state index in [1.807, 2.05) is 0 Å². The van der Waals surface area contributed by atoms with E-state index in [2.05, 4.69) is 20.6 Å². The van der Waals surface area contributed by atoms with Gasteiger partial charge in [0.2, 0.25) is 11.6 Å². The second-order valence-corrected chi connectivity index (χ2v) is 3.79. The highest BCUT2D eigenvalue weighted by molar-refractivity contribution is 5.58. The summed E-state index contributed by atoms with van der Waals surface area (Å²) in [5, 5.41) is 27.0. The van der Waals surface area contributed by atoms with Gasteiger partial charge in [0, 0.05) is 24.5 Å². The van der Waals surface area contributed by atoms with Crippen LogP contribution in [0, 0.1) is 20.2 Å². The molecule has 0 saturated carbocycles. The minimum Gasteiger partial charge on any atom is -0.347 e. The number of nitro groups is 2. The predicted octanol–water partition coefficient (Wildman–Crippen LogP) is 1.77. The standard InChI is InChI=1S/C11H10N6O4/c18-16(19)8-3-1-5-12-10(8)14-7-15-11-9(17(20)21)4-2-6-13-11/h1-6H,7H2,(H,12,14)(H,13,15). The Kier molecular flexibility index (Phi) is 4.19. The van der Waals surface area contributed by atoms with E-state index in [-0.39, 0.29) is 29.7 Å². The SMILES string of the molecule is O=[N+]([O-])c1cccnc1NCNc1ncccc1[N+](=O)[O-]. The van der Waals surface area contributed by atoms with Crippen LogP contribution in [0.3, 0.4) is 0 Å². The van der Waals surface area contributed by atoms with Gasteiger partial charge in [0.25, 0.3) is 0 Å². The van der Waals surface area contributed by atoms with Crippen LogP contribution < -0.4 is 10.6 Å². The minimum atomic E-state index is -0.571. The van der Waals surface area contributed by atoms with Crippen LogP contribution in [0.1, 0.15) is 0 Å². The van der Waals surface area contributed by atoms with E-state index in [9.17, 15) is 20.2 Å². The van der Waals surface area contributed by atoms with Gasteiger partial charge in [-0.3, -0.25) is 20.2 Å². The molecule has 10 heteroatoms. The molecule has 0 aliphatic heterocycles. The van der Waals surface area contributed by atoms with Gasteiger partial charge in [-0.15, -0.1) is 0 Å². The highest BCUT2D eigenvalue weighted by Crippen LogP contribution is 2.22. The van der Waals surface area contributed by atoms with Gasteiger partial charge in [0.05, 0.1) is 16.5 Å². The molecule has 0 aromatic carbocycles. The van der Waals surface area contributed by atoms with Crippen molar-refractivity contribution in [2.45, 2.75) is 0 Å². The van der Waals surface area contributed by atoms with Crippen molar-refractivity contribution in [3.05, 3.63) is 56.9 Å². The van der Waals surface area contributed by atoms with Crippen molar-refractivity contribution in [3.63, 3.8) is 0 Å². The van der Waals surface area contributed by atoms with Crippen LogP contribution in [-0.2, 0) is 0 Å². The third-order valence-electron chi connectivity index (χ3n) is 2.48. The third kappa shape index (κ3) is 3.37. The molecule has 0 spiro atoms. The topological polar surface area (TPSA) is 136 Å². The fourth-order valence-corrected chi connectivity index (χ4v) is 1.57. The number of nitrogens with one attached hydrogen (secondary N) is 2. The van der Waals surface area contributed by atoms with Gasteiger partial charge in [-0.25, -0.2) is 9.97 Å². The summed E-state index contributed by atoms with van der Waals surface area (Å²) in [6.07, 6.45) is 2.80. The van der Waals surface area contributed by atoms with Crippen molar-refractivity contribution in [1.82, 2.24) is 9.97 Å². The molecule has 2 heterocycles. The molecule has 2 rings (SSSR count). The number of hydrogen-bond acceptors (Lipinski definition) is 8. The molecular formula is C11H10N6O4. The van der Waals surface area contributed by atoms with Gasteiger partial charge in [-0.2, -0.15) is 0 Å². The minimum absolute atomic E-state index is 0.00426. The molecule has 10 nitrogen and oxygen atoms in total. The van der Waals surface area contributed by atoms with E-state index in [1.165, 1.54) is 36.7 Å². The van der Waals surface area contributed by atoms with Crippen LogP contribution in [-0.4, -0.2) is 26.5 Å². The van der Waals surface area contributed by atoms with E-state index in [0.717, 1.165) is 0 Å². The van der Waals surface area contributed by atoms with Crippen molar-refractivity contribution < 1.29 is 9.85 Å². The summed E-state index contributed by atoms with van der Waals surface area (Å²) in [6, 6.07) is 5.50. The lowest BCUT2D eigenvalue weighted by Gasteiger charge is -2.08. The highest BCUT2D eigenvalue weighted by Gasteiger charge is 2.15. The molecule has 0 bridgehead atoms. The van der Waals surface area contributed by atoms with Crippen molar-refractivity contribution in [2.75, 3.05) is 17.3 Å². The fourth-order valence-electron chi connectivity index (χ4n) is 1.57. The monoisotopic (exact) mass is 290 g/mol. The van der Waals surface area contributed by atoms with Crippen LogP contribution in [0.5, 0.6) is 0 Å². The Labute approximate surface area is 118 Å². The summed E-state index contributed by atoms with van der Waals surface area (Å²) >= 11 is 0. The summed E-state index contributed by atoms with van der Waals surface area (Å²) in [5.74, 6) is 0.127. The van der Waals surface area contributed by atoms with Gasteiger partial charge in [0.15, 0.2) is 0 Å². The lowest BCUT2D eigenvalue weighted by Crippen LogP contribution is -2.15. The molecule has 2 N–H and O–H groups in total. The smallest absolute Gasteiger partial charge is 0.311 e. The lowest BCUT2D eigenvalue weighted by atomic mass is 10.4. The largest absolute Gasteiger partial charge is 0.347 e. The van der Waals surface area contributed by atoms with Crippen LogP contribution in [0.15, 0.2) is 36.7 Å². The van der Waals surface area contributed by atoms with Crippen molar-refractivity contribution in [3.8, 4) is 0 Å². The first kappa shape index (κ1) is 14.1. The molecular weight excluding hydrogens is 280 g/mol. The Balaban J connectivity index is 2.06. The zero-order chi connectivity index (χ0) is 15.2. The van der Waals surface area contributed by atoms with Gasteiger partial charge >= 0.3 is 11.4 Å². The van der Waals surface area contributed by atoms with Crippen LogP contribution in [0.25, 0.3) is 0 Å². The summed E-state index contributed by atoms with van der Waals surface area (Å²) in [6.45, 7) is -0.00426. The molecule has 0 fully saturated rings. The van der Waals surface area contributed by atoms with Crippen molar-refractivity contribution in [2.24, 2.45) is 0 Å². The average molecular weight is 290 g/mol. The maximum Gasteiger partial charge on any atom is 0.311 e. The Morgan fingerprint density at radius 3 is 1.71 bits per heavy atom. The van der Waals surface area contributed by atoms with Gasteiger partial charge in [0.1, 0.15) is 0 Å². The van der Waals surface area contributed by atoms with Gasteiger partial charge in [-0.05, 0) is 12.1 Å². The van der Waals surface area contributed by atoms with E-state index in [4.69, 9.17) is 0 Å². The van der Waals surface area contributed by atoms with E-state index in [0.29, 0.717) is 0 Å². The molecule has 0 unspecified atom stereocenters. The number of nitrogens with zero attached hydrogens (tertiary/aromatic N) is 4. The second-order valence-electron chi connectivity index (χ2n) is 3.79. The van der Waals surface area contributed by atoms with Crippen LogP contribution in [0.2, 0.25) is 0 Å². The first-order valence-electron chi connectivity index (χ1n) is 5.76. The molecule has 2 aromatic rings. The average Bonchev–Trinajstić information content (AvgIpc) is 2.48. The Morgan fingerprint density at radius 2 is 1.33 bits per heavy atom. The molecule has 0 aliphatic rings. The summed E-state index contributed by atoms with van der Waals surface area (Å²) < 4.78 is 0. The Hall–Kier alpha value is -3.30. The second kappa shape index (κ2) is 6.23. The molecule has 0 amide bonds. The quantitative estimate of drug-likeness (QED) is 0.466. The first-order chi connectivity index (χ1) is 10.1. The molecule has 0 atom stereocenters. The number of hydrogen-bond donors (Lipinski definition) is 2. The van der Waals surface area contributed by atoms with Crippen LogP contribution in [0.4, 0.5) is 23.0 Å². The fraction of sp³-hybridized carbons (Fsp3) is 0.0909. The lowest BCUT2D eigenvalue weighted by molar-refractivity contribution is -0.384. The Bertz CT molecular complexity index is 620.